The number of nitrogen functional groups attached to an aromatic ring is 1. The quantitative estimate of drug-likeness (QED) is 0.0141. The average Bonchev–Trinajstić information content (AvgIpc) is 3.59. The third-order valence-corrected chi connectivity index (χ3v) is 12.2. The van der Waals surface area contributed by atoms with Gasteiger partial charge >= 0.3 is 5.97 Å². The first-order chi connectivity index (χ1) is 30.6. The lowest BCUT2D eigenvalue weighted by atomic mass is 10.1. The topological polar surface area (TPSA) is 392 Å². The van der Waals surface area contributed by atoms with Gasteiger partial charge in [0.25, 0.3) is 36.3 Å². The summed E-state index contributed by atoms with van der Waals surface area (Å²) < 4.78 is 105. The first-order valence-electron chi connectivity index (χ1n) is 17.5. The molecule has 0 fully saturated rings. The van der Waals surface area contributed by atoms with Crippen LogP contribution in [0.3, 0.4) is 0 Å². The van der Waals surface area contributed by atoms with Crippen molar-refractivity contribution in [3.05, 3.63) is 97.1 Å². The Bertz CT molecular complexity index is 3460. The largest absolute Gasteiger partial charge is 0.505 e. The average molecular weight is 968 g/mol. The number of benzene rings is 6. The maximum atomic E-state index is 13.3. The van der Waals surface area contributed by atoms with Crippen LogP contribution in [0.2, 0.25) is 0 Å². The molecule has 25 nitrogen and oxygen atoms in total. The van der Waals surface area contributed by atoms with Gasteiger partial charge in [0.1, 0.15) is 16.3 Å². The van der Waals surface area contributed by atoms with Crippen LogP contribution in [0.15, 0.2) is 152 Å². The molecule has 6 aromatic carbocycles. The van der Waals surface area contributed by atoms with Gasteiger partial charge in [-0.15, -0.1) is 24.8 Å². The zero-order valence-electron chi connectivity index (χ0n) is 31.9. The number of nitrogens with zero attached hydrogens (tertiary/aromatic N) is 8. The van der Waals surface area contributed by atoms with Crippen LogP contribution in [-0.4, -0.2) is 78.0 Å². The molecular formula is C36H25N9O16S4. The minimum atomic E-state index is -4.80. The van der Waals surface area contributed by atoms with Crippen LogP contribution in [0.1, 0.15) is 0 Å². The number of phenols is 1. The molecule has 1 atom stereocenters. The van der Waals surface area contributed by atoms with Crippen molar-refractivity contribution in [1.29, 1.82) is 0 Å². The van der Waals surface area contributed by atoms with Crippen LogP contribution in [0, 0.1) is 0 Å². The number of hydrazone groups is 1. The van der Waals surface area contributed by atoms with Crippen molar-refractivity contribution in [1.82, 2.24) is 0 Å². The summed E-state index contributed by atoms with van der Waals surface area (Å²) in [4.78, 5) is 23.6. The van der Waals surface area contributed by atoms with E-state index in [9.17, 15) is 58.7 Å². The van der Waals surface area contributed by atoms with E-state index in [1.54, 1.807) is 0 Å². The fourth-order valence-corrected chi connectivity index (χ4v) is 8.24. The summed E-state index contributed by atoms with van der Waals surface area (Å²) in [7, 11) is -14.3. The van der Waals surface area contributed by atoms with E-state index in [4.69, 9.17) is 11.0 Å². The number of rotatable bonds is 14. The van der Waals surface area contributed by atoms with Crippen molar-refractivity contribution in [2.24, 2.45) is 35.8 Å². The molecule has 1 aliphatic heterocycles. The van der Waals surface area contributed by atoms with Gasteiger partial charge in [0.15, 0.2) is 11.5 Å². The SMILES string of the molecule is Nc1ccc(N=Nc2ccc(N=Nc3c(SOOO)cc4ccc(N=NC5C(=O)N(c6cccc(S(=O)(=O)O)c6)N=C5C(=O)O)cc4c3O)c3cc(S(=O)(=O)O)ccc23)c(S(=O)(=O)O)c1. The molecule has 29 heteroatoms. The zero-order valence-corrected chi connectivity index (χ0v) is 35.1. The molecule has 1 amide bonds. The predicted molar refractivity (Wildman–Crippen MR) is 226 cm³/mol. The Labute approximate surface area is 368 Å². The van der Waals surface area contributed by atoms with Gasteiger partial charge in [-0.05, 0) is 84.2 Å². The monoisotopic (exact) mass is 967 g/mol. The maximum Gasteiger partial charge on any atom is 0.355 e. The molecule has 7 rings (SSSR count). The number of carboxylic acid groups (broad SMARTS) is 1. The first kappa shape index (κ1) is 45.8. The Morgan fingerprint density at radius 2 is 1.38 bits per heavy atom. The molecule has 1 heterocycles. The van der Waals surface area contributed by atoms with Gasteiger partial charge in [0.05, 0.1) is 49.5 Å². The summed E-state index contributed by atoms with van der Waals surface area (Å²) in [5.74, 6) is -3.30. The molecule has 0 spiro atoms. The molecule has 65 heavy (non-hydrogen) atoms. The number of carboxylic acids is 1. The second kappa shape index (κ2) is 17.8. The fourth-order valence-electron chi connectivity index (χ4n) is 6.06. The summed E-state index contributed by atoms with van der Waals surface area (Å²) in [6.45, 7) is 0. The van der Waals surface area contributed by atoms with E-state index >= 15 is 0 Å². The van der Waals surface area contributed by atoms with E-state index in [0.29, 0.717) is 17.1 Å². The molecule has 334 valence electrons. The minimum absolute atomic E-state index is 0.00101. The Kier molecular flexibility index (Phi) is 12.5. The van der Waals surface area contributed by atoms with E-state index in [2.05, 4.69) is 45.2 Å². The number of hydrogen-bond donors (Lipinski definition) is 7. The van der Waals surface area contributed by atoms with Crippen molar-refractivity contribution in [3.8, 4) is 5.75 Å². The Balaban J connectivity index is 1.27. The van der Waals surface area contributed by atoms with Gasteiger partial charge in [-0.1, -0.05) is 23.2 Å². The number of anilines is 2. The Morgan fingerprint density at radius 3 is 2.06 bits per heavy atom. The van der Waals surface area contributed by atoms with E-state index in [1.807, 2.05) is 0 Å². The number of nitrogens with two attached hydrogens (primary N) is 1. The van der Waals surface area contributed by atoms with Crippen LogP contribution in [0.4, 0.5) is 39.8 Å². The van der Waals surface area contributed by atoms with E-state index in [1.165, 1.54) is 66.7 Å². The van der Waals surface area contributed by atoms with Crippen LogP contribution in [-0.2, 0) is 49.3 Å². The van der Waals surface area contributed by atoms with E-state index in [0.717, 1.165) is 30.3 Å². The smallest absolute Gasteiger partial charge is 0.355 e. The lowest BCUT2D eigenvalue weighted by molar-refractivity contribution is -0.432. The van der Waals surface area contributed by atoms with Crippen LogP contribution < -0.4 is 10.7 Å². The molecular weight excluding hydrogens is 943 g/mol. The molecule has 0 saturated carbocycles. The Morgan fingerprint density at radius 1 is 0.723 bits per heavy atom. The van der Waals surface area contributed by atoms with E-state index in [-0.39, 0.29) is 66.3 Å². The number of aromatic hydroxyl groups is 1. The van der Waals surface area contributed by atoms with Crippen LogP contribution >= 0.6 is 12.0 Å². The highest BCUT2D eigenvalue weighted by Crippen LogP contribution is 2.46. The number of azo groups is 3. The molecule has 0 saturated heterocycles. The summed E-state index contributed by atoms with van der Waals surface area (Å²) >= 11 is 0.372. The van der Waals surface area contributed by atoms with Gasteiger partial charge in [-0.2, -0.15) is 45.6 Å². The first-order valence-corrected chi connectivity index (χ1v) is 22.5. The van der Waals surface area contributed by atoms with E-state index < -0.39 is 74.4 Å². The number of carbonyl (C=O) groups is 2. The van der Waals surface area contributed by atoms with Gasteiger partial charge in [-0.25, -0.2) is 10.1 Å². The van der Waals surface area contributed by atoms with Gasteiger partial charge in [-0.3, -0.25) is 18.5 Å². The molecule has 0 radical (unpaired) electrons. The number of fused-ring (bicyclic) bond motifs is 2. The predicted octanol–water partition coefficient (Wildman–Crippen LogP) is 7.22. The lowest BCUT2D eigenvalue weighted by Crippen LogP contribution is -2.33. The fraction of sp³-hybridized carbons (Fsp3) is 0.0278. The van der Waals surface area contributed by atoms with Crippen molar-refractivity contribution >= 4 is 121 Å². The van der Waals surface area contributed by atoms with Gasteiger partial charge in [0.2, 0.25) is 6.04 Å². The standard InChI is InChI=1S/C36H25N9O16S4/c37-18-5-9-28(30(13-18)65(57,58)59)41-39-26-10-11-27(25-16-22(64(54,55)56)7-8-23(25)26)40-42-31-29(62-61-60-50)12-17-4-6-19(14-24(17)34(31)46)38-43-32-33(36(48)49)44-45(35(32)47)20-2-1-3-21(15-20)63(51,52)53/h1-16,32,46,50H,37H2,(H,48,49)(H,51,52,53)(H,54,55,56)(H,57,58,59). The maximum absolute atomic E-state index is 13.3. The van der Waals surface area contributed by atoms with Crippen molar-refractivity contribution < 1.29 is 73.3 Å². The van der Waals surface area contributed by atoms with Crippen molar-refractivity contribution in [2.75, 3.05) is 10.7 Å². The van der Waals surface area contributed by atoms with Crippen molar-refractivity contribution in [2.45, 2.75) is 25.6 Å². The highest BCUT2D eigenvalue weighted by Gasteiger charge is 2.41. The second-order valence-corrected chi connectivity index (χ2v) is 18.1. The summed E-state index contributed by atoms with van der Waals surface area (Å²) in [6, 6.07) is 17.3. The third kappa shape index (κ3) is 9.82. The number of phenolic OH excluding ortho intramolecular Hbond substituents is 1. The van der Waals surface area contributed by atoms with Crippen LogP contribution in [0.25, 0.3) is 21.5 Å². The number of carbonyl (C=O) groups excluding carboxylic acids is 1. The highest BCUT2D eigenvalue weighted by molar-refractivity contribution is 7.94. The van der Waals surface area contributed by atoms with Gasteiger partial charge < -0.3 is 15.9 Å². The number of hydrogen-bond acceptors (Lipinski definition) is 21. The minimum Gasteiger partial charge on any atom is -0.505 e. The van der Waals surface area contributed by atoms with Crippen LogP contribution in [0.5, 0.6) is 5.75 Å². The summed E-state index contributed by atoms with van der Waals surface area (Å²) in [6.07, 6.45) is 0. The second-order valence-electron chi connectivity index (χ2n) is 13.1. The van der Waals surface area contributed by atoms with Crippen molar-refractivity contribution in [3.63, 3.8) is 0 Å². The highest BCUT2D eigenvalue weighted by atomic mass is 32.2. The number of aliphatic carboxylic acids is 1. The lowest BCUT2D eigenvalue weighted by Gasteiger charge is -2.13. The molecule has 1 aliphatic rings. The molecule has 0 bridgehead atoms. The number of amides is 1. The Hall–Kier alpha value is -7.19. The molecule has 1 unspecified atom stereocenters. The third-order valence-electron chi connectivity index (χ3n) is 8.99. The summed E-state index contributed by atoms with van der Waals surface area (Å²) in [5, 5.41) is 62.9. The molecule has 0 aromatic heterocycles. The molecule has 8 N–H and O–H groups in total. The zero-order chi connectivity index (χ0) is 47.0. The molecule has 0 aliphatic carbocycles. The van der Waals surface area contributed by atoms with Gasteiger partial charge in [0, 0.05) is 21.8 Å². The normalized spacial score (nSPS) is 15.0. The molecule has 6 aromatic rings. The summed E-state index contributed by atoms with van der Waals surface area (Å²) in [5.41, 5.74) is 3.90.